The Balaban J connectivity index is 2.05. The van der Waals surface area contributed by atoms with E-state index in [1.807, 2.05) is 0 Å². The lowest BCUT2D eigenvalue weighted by Gasteiger charge is -2.26. The van der Waals surface area contributed by atoms with Gasteiger partial charge in [-0.25, -0.2) is 4.39 Å². The minimum absolute atomic E-state index is 0.242. The lowest BCUT2D eigenvalue weighted by molar-refractivity contribution is 0.290. The van der Waals surface area contributed by atoms with Crippen LogP contribution in [0.1, 0.15) is 11.1 Å². The summed E-state index contributed by atoms with van der Waals surface area (Å²) in [6.45, 7) is 2.80. The van der Waals surface area contributed by atoms with Crippen molar-refractivity contribution in [2.75, 3.05) is 24.6 Å². The van der Waals surface area contributed by atoms with E-state index in [-0.39, 0.29) is 5.82 Å². The van der Waals surface area contributed by atoms with Crippen molar-refractivity contribution in [3.63, 3.8) is 0 Å². The van der Waals surface area contributed by atoms with Crippen LogP contribution in [0.2, 0.25) is 0 Å². The molecule has 0 amide bonds. The lowest BCUT2D eigenvalue weighted by Crippen LogP contribution is -2.37. The Hall–Kier alpha value is -0.780. The first-order valence-corrected chi connectivity index (χ1v) is 7.22. The summed E-state index contributed by atoms with van der Waals surface area (Å²) in [6.07, 6.45) is 0. The minimum atomic E-state index is -0.656. The lowest BCUT2D eigenvalue weighted by atomic mass is 10.1. The molecule has 17 heavy (non-hydrogen) atoms. The number of rotatable bonds is 3. The van der Waals surface area contributed by atoms with Gasteiger partial charge in [-0.2, -0.15) is 0 Å². The summed E-state index contributed by atoms with van der Waals surface area (Å²) in [5.74, 6) is 1.23. The van der Waals surface area contributed by atoms with Gasteiger partial charge in [-0.3, -0.25) is 9.11 Å². The molecule has 1 aliphatic rings. The molecule has 94 valence electrons. The van der Waals surface area contributed by atoms with Crippen LogP contribution in [0.15, 0.2) is 18.2 Å². The van der Waals surface area contributed by atoms with Gasteiger partial charge in [0.2, 0.25) is 0 Å². The fraction of sp³-hybridized carbons (Fsp3) is 0.500. The fourth-order valence-corrected chi connectivity index (χ4v) is 3.14. The number of halogens is 1. The molecule has 1 heterocycles. The van der Waals surface area contributed by atoms with Gasteiger partial charge in [0, 0.05) is 48.5 Å². The quantitative estimate of drug-likeness (QED) is 0.872. The molecule has 0 spiro atoms. The highest BCUT2D eigenvalue weighted by Crippen LogP contribution is 2.14. The van der Waals surface area contributed by atoms with Crippen molar-refractivity contribution in [1.29, 1.82) is 0 Å². The highest BCUT2D eigenvalue weighted by molar-refractivity contribution is 7.85. The van der Waals surface area contributed by atoms with Crippen molar-refractivity contribution < 1.29 is 8.60 Å². The van der Waals surface area contributed by atoms with Crippen LogP contribution in [0, 0.1) is 5.82 Å². The number of hydrogen-bond donors (Lipinski definition) is 1. The highest BCUT2D eigenvalue weighted by Gasteiger charge is 2.16. The second-order valence-electron chi connectivity index (χ2n) is 4.24. The molecule has 3 nitrogen and oxygen atoms in total. The van der Waals surface area contributed by atoms with Gasteiger partial charge in [0.15, 0.2) is 0 Å². The summed E-state index contributed by atoms with van der Waals surface area (Å²) in [5, 5.41) is 0. The summed E-state index contributed by atoms with van der Waals surface area (Å²) in [5.41, 5.74) is 7.54. The van der Waals surface area contributed by atoms with Crippen LogP contribution in [0.4, 0.5) is 4.39 Å². The van der Waals surface area contributed by atoms with Crippen LogP contribution in [0.25, 0.3) is 0 Å². The van der Waals surface area contributed by atoms with Gasteiger partial charge in [0.1, 0.15) is 5.82 Å². The number of nitrogens with zero attached hydrogens (tertiary/aromatic N) is 1. The van der Waals surface area contributed by atoms with Gasteiger partial charge < -0.3 is 5.73 Å². The Morgan fingerprint density at radius 2 is 2.00 bits per heavy atom. The topological polar surface area (TPSA) is 46.3 Å². The van der Waals surface area contributed by atoms with E-state index < -0.39 is 10.8 Å². The standard InChI is InChI=1S/C12H17FN2OS/c13-12-2-1-10(11(7-12)8-14)9-15-3-5-17(16)6-4-15/h1-2,7H,3-6,8-9,14H2. The normalized spacial score (nSPS) is 18.5. The molecule has 2 rings (SSSR count). The van der Waals surface area contributed by atoms with E-state index >= 15 is 0 Å². The minimum Gasteiger partial charge on any atom is -0.326 e. The molecule has 0 aliphatic carbocycles. The third kappa shape index (κ3) is 3.34. The Bertz CT molecular complexity index is 415. The molecule has 2 N–H and O–H groups in total. The Kier molecular flexibility index (Phi) is 4.25. The van der Waals surface area contributed by atoms with Crippen LogP contribution in [-0.2, 0) is 23.9 Å². The zero-order valence-corrected chi connectivity index (χ0v) is 10.5. The van der Waals surface area contributed by atoms with Crippen molar-refractivity contribution in [1.82, 2.24) is 4.90 Å². The van der Waals surface area contributed by atoms with Crippen molar-refractivity contribution in [3.8, 4) is 0 Å². The van der Waals surface area contributed by atoms with E-state index in [2.05, 4.69) is 4.90 Å². The molecule has 0 unspecified atom stereocenters. The maximum atomic E-state index is 13.1. The van der Waals surface area contributed by atoms with Gasteiger partial charge >= 0.3 is 0 Å². The molecule has 1 aromatic carbocycles. The van der Waals surface area contributed by atoms with E-state index in [1.165, 1.54) is 12.1 Å². The van der Waals surface area contributed by atoms with Crippen molar-refractivity contribution >= 4 is 10.8 Å². The second kappa shape index (κ2) is 5.71. The van der Waals surface area contributed by atoms with E-state index in [0.717, 1.165) is 42.3 Å². The monoisotopic (exact) mass is 256 g/mol. The molecule has 1 aromatic rings. The average molecular weight is 256 g/mol. The Labute approximate surface area is 103 Å². The van der Waals surface area contributed by atoms with Crippen LogP contribution >= 0.6 is 0 Å². The van der Waals surface area contributed by atoms with Gasteiger partial charge in [-0.1, -0.05) is 6.07 Å². The maximum Gasteiger partial charge on any atom is 0.123 e. The summed E-state index contributed by atoms with van der Waals surface area (Å²) >= 11 is 0. The van der Waals surface area contributed by atoms with Crippen LogP contribution in [-0.4, -0.2) is 33.7 Å². The predicted molar refractivity (Wildman–Crippen MR) is 67.4 cm³/mol. The highest BCUT2D eigenvalue weighted by atomic mass is 32.2. The molecule has 1 saturated heterocycles. The van der Waals surface area contributed by atoms with Crippen molar-refractivity contribution in [2.45, 2.75) is 13.1 Å². The molecule has 1 aliphatic heterocycles. The summed E-state index contributed by atoms with van der Waals surface area (Å²) in [4.78, 5) is 2.24. The molecule has 0 radical (unpaired) electrons. The molecule has 0 atom stereocenters. The van der Waals surface area contributed by atoms with Crippen LogP contribution in [0.5, 0.6) is 0 Å². The van der Waals surface area contributed by atoms with E-state index in [1.54, 1.807) is 6.07 Å². The predicted octanol–water partition coefficient (Wildman–Crippen LogP) is 0.849. The molecule has 0 bridgehead atoms. The SMILES string of the molecule is NCc1cc(F)ccc1CN1CCS(=O)CC1. The van der Waals surface area contributed by atoms with Gasteiger partial charge in [0.05, 0.1) is 0 Å². The van der Waals surface area contributed by atoms with Crippen molar-refractivity contribution in [2.24, 2.45) is 5.73 Å². The van der Waals surface area contributed by atoms with Crippen molar-refractivity contribution in [3.05, 3.63) is 35.1 Å². The first-order chi connectivity index (χ1) is 8.19. The maximum absolute atomic E-state index is 13.1. The Morgan fingerprint density at radius 3 is 2.65 bits per heavy atom. The summed E-state index contributed by atoms with van der Waals surface area (Å²) < 4.78 is 24.3. The zero-order chi connectivity index (χ0) is 12.3. The second-order valence-corrected chi connectivity index (χ2v) is 5.94. The largest absolute Gasteiger partial charge is 0.326 e. The number of benzene rings is 1. The smallest absolute Gasteiger partial charge is 0.123 e. The first kappa shape index (κ1) is 12.7. The molecular formula is C12H17FN2OS. The molecule has 1 fully saturated rings. The Morgan fingerprint density at radius 1 is 1.29 bits per heavy atom. The van der Waals surface area contributed by atoms with E-state index in [9.17, 15) is 8.60 Å². The summed E-state index contributed by atoms with van der Waals surface area (Å²) in [7, 11) is -0.656. The third-order valence-corrected chi connectivity index (χ3v) is 4.33. The number of nitrogens with two attached hydrogens (primary N) is 1. The molecule has 0 aromatic heterocycles. The molecule has 0 saturated carbocycles. The van der Waals surface area contributed by atoms with Crippen LogP contribution < -0.4 is 5.73 Å². The molecular weight excluding hydrogens is 239 g/mol. The fourth-order valence-electron chi connectivity index (χ4n) is 2.01. The van der Waals surface area contributed by atoms with Gasteiger partial charge in [0.25, 0.3) is 0 Å². The summed E-state index contributed by atoms with van der Waals surface area (Å²) in [6, 6.07) is 4.76. The first-order valence-electron chi connectivity index (χ1n) is 5.74. The average Bonchev–Trinajstić information content (AvgIpc) is 2.34. The van der Waals surface area contributed by atoms with Gasteiger partial charge in [-0.05, 0) is 23.3 Å². The van der Waals surface area contributed by atoms with Crippen LogP contribution in [0.3, 0.4) is 0 Å². The zero-order valence-electron chi connectivity index (χ0n) is 9.69. The van der Waals surface area contributed by atoms with E-state index in [4.69, 9.17) is 5.73 Å². The number of hydrogen-bond acceptors (Lipinski definition) is 3. The third-order valence-electron chi connectivity index (χ3n) is 3.05. The van der Waals surface area contributed by atoms with Gasteiger partial charge in [-0.15, -0.1) is 0 Å². The van der Waals surface area contributed by atoms with E-state index in [0.29, 0.717) is 6.54 Å². The molecule has 5 heteroatoms.